The molecule has 1 N–H and O–H groups in total. The van der Waals surface area contributed by atoms with E-state index in [1.165, 1.54) is 17.7 Å². The number of allylic oxidation sites excluding steroid dienone is 1. The van der Waals surface area contributed by atoms with Gasteiger partial charge in [-0.05, 0) is 31.0 Å². The number of rotatable bonds is 2. The van der Waals surface area contributed by atoms with E-state index < -0.39 is 0 Å². The van der Waals surface area contributed by atoms with Crippen molar-refractivity contribution < 1.29 is 9.50 Å². The SMILES string of the molecule is C/C=C1/CC1(CO)c1ccc(F)cc1. The molecule has 14 heavy (non-hydrogen) atoms. The zero-order valence-electron chi connectivity index (χ0n) is 8.13. The third kappa shape index (κ3) is 1.26. The largest absolute Gasteiger partial charge is 0.395 e. The molecule has 1 aliphatic carbocycles. The average molecular weight is 192 g/mol. The minimum Gasteiger partial charge on any atom is -0.395 e. The monoisotopic (exact) mass is 192 g/mol. The van der Waals surface area contributed by atoms with Crippen LogP contribution < -0.4 is 0 Å². The van der Waals surface area contributed by atoms with E-state index >= 15 is 0 Å². The summed E-state index contributed by atoms with van der Waals surface area (Å²) in [7, 11) is 0. The highest BCUT2D eigenvalue weighted by atomic mass is 19.1. The second-order valence-electron chi connectivity index (χ2n) is 3.74. The number of benzene rings is 1. The molecule has 0 aliphatic heterocycles. The van der Waals surface area contributed by atoms with E-state index in [0.29, 0.717) is 0 Å². The van der Waals surface area contributed by atoms with E-state index in [1.807, 2.05) is 13.0 Å². The molecule has 1 aromatic carbocycles. The van der Waals surface area contributed by atoms with Crippen LogP contribution in [-0.4, -0.2) is 11.7 Å². The van der Waals surface area contributed by atoms with Crippen LogP contribution in [0.1, 0.15) is 18.9 Å². The molecule has 1 nitrogen and oxygen atoms in total. The predicted molar refractivity (Wildman–Crippen MR) is 53.5 cm³/mol. The lowest BCUT2D eigenvalue weighted by Gasteiger charge is -2.11. The van der Waals surface area contributed by atoms with Crippen LogP contribution in [0, 0.1) is 5.82 Å². The zero-order chi connectivity index (χ0) is 10.2. The molecule has 1 unspecified atom stereocenters. The van der Waals surface area contributed by atoms with Gasteiger partial charge in [0.25, 0.3) is 0 Å². The number of halogens is 1. The van der Waals surface area contributed by atoms with Crippen LogP contribution in [0.3, 0.4) is 0 Å². The maximum atomic E-state index is 12.7. The number of hydrogen-bond donors (Lipinski definition) is 1. The van der Waals surface area contributed by atoms with Gasteiger partial charge in [0.1, 0.15) is 5.82 Å². The van der Waals surface area contributed by atoms with Crippen molar-refractivity contribution in [2.75, 3.05) is 6.61 Å². The van der Waals surface area contributed by atoms with Gasteiger partial charge in [-0.2, -0.15) is 0 Å². The van der Waals surface area contributed by atoms with E-state index in [4.69, 9.17) is 0 Å². The molecular formula is C12H13FO. The Hall–Kier alpha value is -1.15. The summed E-state index contributed by atoms with van der Waals surface area (Å²) in [5.74, 6) is -0.232. The summed E-state index contributed by atoms with van der Waals surface area (Å²) < 4.78 is 12.7. The Bertz CT molecular complexity index is 366. The summed E-state index contributed by atoms with van der Waals surface area (Å²) in [6.45, 7) is 2.08. The first-order valence-corrected chi connectivity index (χ1v) is 4.75. The fourth-order valence-electron chi connectivity index (χ4n) is 1.96. The van der Waals surface area contributed by atoms with Gasteiger partial charge in [0.2, 0.25) is 0 Å². The standard InChI is InChI=1S/C12H13FO/c1-2-9-7-12(9,8-14)10-3-5-11(13)6-4-10/h2-6,14H,7-8H2,1H3/b9-2-. The van der Waals surface area contributed by atoms with E-state index in [1.54, 1.807) is 12.1 Å². The van der Waals surface area contributed by atoms with E-state index in [9.17, 15) is 9.50 Å². The summed E-state index contributed by atoms with van der Waals surface area (Å²) in [6, 6.07) is 6.39. The van der Waals surface area contributed by atoms with Crippen LogP contribution in [-0.2, 0) is 5.41 Å². The second kappa shape index (κ2) is 3.21. The van der Waals surface area contributed by atoms with Crippen molar-refractivity contribution in [3.63, 3.8) is 0 Å². The predicted octanol–water partition coefficient (Wildman–Crippen LogP) is 2.41. The molecule has 2 heteroatoms. The van der Waals surface area contributed by atoms with Crippen LogP contribution in [0.15, 0.2) is 35.9 Å². The normalized spacial score (nSPS) is 28.1. The summed E-state index contributed by atoms with van der Waals surface area (Å²) in [5.41, 5.74) is 2.05. The quantitative estimate of drug-likeness (QED) is 0.713. The third-order valence-corrected chi connectivity index (χ3v) is 3.00. The van der Waals surface area contributed by atoms with Crippen molar-refractivity contribution in [2.24, 2.45) is 0 Å². The van der Waals surface area contributed by atoms with Crippen LogP contribution in [0.2, 0.25) is 0 Å². The van der Waals surface area contributed by atoms with Crippen LogP contribution in [0.4, 0.5) is 4.39 Å². The maximum Gasteiger partial charge on any atom is 0.123 e. The van der Waals surface area contributed by atoms with Gasteiger partial charge in [-0.15, -0.1) is 0 Å². The van der Waals surface area contributed by atoms with Crippen molar-refractivity contribution in [1.82, 2.24) is 0 Å². The number of hydrogen-bond acceptors (Lipinski definition) is 1. The first-order chi connectivity index (χ1) is 6.73. The maximum absolute atomic E-state index is 12.7. The molecule has 0 bridgehead atoms. The Labute approximate surface area is 82.9 Å². The molecule has 0 spiro atoms. The van der Waals surface area contributed by atoms with Gasteiger partial charge in [-0.3, -0.25) is 0 Å². The Morgan fingerprint density at radius 2 is 2.07 bits per heavy atom. The minimum absolute atomic E-state index is 0.109. The Balaban J connectivity index is 2.35. The van der Waals surface area contributed by atoms with Crippen molar-refractivity contribution in [1.29, 1.82) is 0 Å². The van der Waals surface area contributed by atoms with Gasteiger partial charge < -0.3 is 5.11 Å². The number of aliphatic hydroxyl groups is 1. The molecule has 0 saturated heterocycles. The van der Waals surface area contributed by atoms with E-state index in [0.717, 1.165) is 12.0 Å². The first-order valence-electron chi connectivity index (χ1n) is 4.75. The molecule has 1 saturated carbocycles. The van der Waals surface area contributed by atoms with E-state index in [2.05, 4.69) is 0 Å². The summed E-state index contributed by atoms with van der Waals surface area (Å²) in [6.07, 6.45) is 2.92. The molecule has 0 amide bonds. The molecule has 1 aromatic rings. The summed E-state index contributed by atoms with van der Waals surface area (Å²) in [5, 5.41) is 9.35. The first kappa shape index (κ1) is 9.41. The fourth-order valence-corrected chi connectivity index (χ4v) is 1.96. The fraction of sp³-hybridized carbons (Fsp3) is 0.333. The number of aliphatic hydroxyl groups excluding tert-OH is 1. The van der Waals surface area contributed by atoms with Crippen molar-refractivity contribution in [3.8, 4) is 0 Å². The Morgan fingerprint density at radius 1 is 1.43 bits per heavy atom. The molecule has 0 aromatic heterocycles. The highest BCUT2D eigenvalue weighted by Crippen LogP contribution is 2.53. The molecule has 0 radical (unpaired) electrons. The van der Waals surface area contributed by atoms with Gasteiger partial charge in [0.05, 0.1) is 6.61 Å². The van der Waals surface area contributed by atoms with Gasteiger partial charge in [-0.1, -0.05) is 23.8 Å². The van der Waals surface area contributed by atoms with Crippen LogP contribution in [0.5, 0.6) is 0 Å². The lowest BCUT2D eigenvalue weighted by atomic mass is 9.96. The molecule has 2 rings (SSSR count). The van der Waals surface area contributed by atoms with Gasteiger partial charge in [0, 0.05) is 5.41 Å². The second-order valence-corrected chi connectivity index (χ2v) is 3.74. The highest BCUT2D eigenvalue weighted by Gasteiger charge is 2.48. The molecule has 1 fully saturated rings. The molecule has 1 atom stereocenters. The zero-order valence-corrected chi connectivity index (χ0v) is 8.13. The van der Waals surface area contributed by atoms with Crippen molar-refractivity contribution >= 4 is 0 Å². The van der Waals surface area contributed by atoms with Crippen LogP contribution in [0.25, 0.3) is 0 Å². The van der Waals surface area contributed by atoms with Crippen molar-refractivity contribution in [3.05, 3.63) is 47.3 Å². The Morgan fingerprint density at radius 3 is 2.50 bits per heavy atom. The third-order valence-electron chi connectivity index (χ3n) is 3.00. The van der Waals surface area contributed by atoms with Gasteiger partial charge >= 0.3 is 0 Å². The molecule has 74 valence electrons. The topological polar surface area (TPSA) is 20.2 Å². The molecule has 1 aliphatic rings. The summed E-state index contributed by atoms with van der Waals surface area (Å²) in [4.78, 5) is 0. The average Bonchev–Trinajstić information content (AvgIpc) is 2.94. The minimum atomic E-state index is -0.232. The van der Waals surface area contributed by atoms with Crippen molar-refractivity contribution in [2.45, 2.75) is 18.8 Å². The lowest BCUT2D eigenvalue weighted by Crippen LogP contribution is -2.12. The van der Waals surface area contributed by atoms with Crippen LogP contribution >= 0.6 is 0 Å². The smallest absolute Gasteiger partial charge is 0.123 e. The van der Waals surface area contributed by atoms with E-state index in [-0.39, 0.29) is 17.8 Å². The Kier molecular flexibility index (Phi) is 2.16. The van der Waals surface area contributed by atoms with Gasteiger partial charge in [-0.25, -0.2) is 4.39 Å². The van der Waals surface area contributed by atoms with Gasteiger partial charge in [0.15, 0.2) is 0 Å². The molecule has 0 heterocycles. The molecular weight excluding hydrogens is 179 g/mol. The summed E-state index contributed by atoms with van der Waals surface area (Å²) >= 11 is 0. The highest BCUT2D eigenvalue weighted by molar-refractivity contribution is 5.49. The lowest BCUT2D eigenvalue weighted by molar-refractivity contribution is 0.261.